The molecule has 10 heteroatoms. The molecule has 1 atom stereocenters. The molecule has 2 aliphatic heterocycles. The molecule has 8 nitrogen and oxygen atoms in total. The van der Waals surface area contributed by atoms with E-state index in [4.69, 9.17) is 16.3 Å². The molecule has 1 saturated heterocycles. The van der Waals surface area contributed by atoms with Crippen LogP contribution in [0.25, 0.3) is 0 Å². The molecule has 160 valence electrons. The summed E-state index contributed by atoms with van der Waals surface area (Å²) in [7, 11) is 1.28. The first-order valence-electron chi connectivity index (χ1n) is 9.31. The summed E-state index contributed by atoms with van der Waals surface area (Å²) in [6, 6.07) is 8.66. The minimum atomic E-state index is -1.02. The SMILES string of the molecule is COC(=O)c1cccc(N2C=CN3C(=O)N(Cc4c(F)cccc4Cl)NC3C2=O)c1C. The average molecular weight is 445 g/mol. The van der Waals surface area contributed by atoms with Crippen LogP contribution in [-0.4, -0.2) is 41.1 Å². The minimum Gasteiger partial charge on any atom is -0.465 e. The molecule has 2 heterocycles. The lowest BCUT2D eigenvalue weighted by molar-refractivity contribution is -0.122. The number of carbonyl (C=O) groups is 3. The lowest BCUT2D eigenvalue weighted by Crippen LogP contribution is -2.51. The predicted molar refractivity (Wildman–Crippen MR) is 110 cm³/mol. The summed E-state index contributed by atoms with van der Waals surface area (Å²) in [5.41, 5.74) is 4.32. The minimum absolute atomic E-state index is 0.139. The third kappa shape index (κ3) is 3.51. The number of halogens is 2. The van der Waals surface area contributed by atoms with Gasteiger partial charge in [-0.05, 0) is 36.8 Å². The zero-order valence-corrected chi connectivity index (χ0v) is 17.4. The summed E-state index contributed by atoms with van der Waals surface area (Å²) in [4.78, 5) is 40.5. The zero-order valence-electron chi connectivity index (χ0n) is 16.6. The fourth-order valence-corrected chi connectivity index (χ4v) is 3.77. The van der Waals surface area contributed by atoms with Gasteiger partial charge in [0.05, 0.1) is 24.9 Å². The molecule has 1 N–H and O–H groups in total. The van der Waals surface area contributed by atoms with Gasteiger partial charge in [-0.2, -0.15) is 5.43 Å². The van der Waals surface area contributed by atoms with Gasteiger partial charge in [-0.25, -0.2) is 14.0 Å². The number of fused-ring (bicyclic) bond motifs is 1. The first-order valence-corrected chi connectivity index (χ1v) is 9.69. The van der Waals surface area contributed by atoms with Gasteiger partial charge in [0.25, 0.3) is 5.91 Å². The number of benzene rings is 2. The maximum atomic E-state index is 14.1. The Hall–Kier alpha value is -3.43. The van der Waals surface area contributed by atoms with E-state index in [-0.39, 0.29) is 17.1 Å². The first kappa shape index (κ1) is 20.8. The molecule has 1 fully saturated rings. The summed E-state index contributed by atoms with van der Waals surface area (Å²) in [6.45, 7) is 1.55. The Kier molecular flexibility index (Phi) is 5.38. The van der Waals surface area contributed by atoms with Crippen LogP contribution in [0.1, 0.15) is 21.5 Å². The van der Waals surface area contributed by atoms with Gasteiger partial charge < -0.3 is 4.74 Å². The number of rotatable bonds is 4. The molecule has 0 radical (unpaired) electrons. The van der Waals surface area contributed by atoms with Gasteiger partial charge in [-0.1, -0.05) is 23.7 Å². The molecule has 31 heavy (non-hydrogen) atoms. The van der Waals surface area contributed by atoms with Crippen LogP contribution >= 0.6 is 11.6 Å². The van der Waals surface area contributed by atoms with Crippen molar-refractivity contribution in [2.24, 2.45) is 0 Å². The van der Waals surface area contributed by atoms with Gasteiger partial charge in [0, 0.05) is 23.0 Å². The van der Waals surface area contributed by atoms with E-state index in [0.717, 1.165) is 5.01 Å². The van der Waals surface area contributed by atoms with E-state index in [9.17, 15) is 18.8 Å². The van der Waals surface area contributed by atoms with Crippen molar-refractivity contribution in [3.63, 3.8) is 0 Å². The fraction of sp³-hybridized carbons (Fsp3) is 0.190. The number of anilines is 1. The van der Waals surface area contributed by atoms with Gasteiger partial charge >= 0.3 is 12.0 Å². The number of ether oxygens (including phenoxy) is 1. The molecular weight excluding hydrogens is 427 g/mol. The molecule has 3 amide bonds. The number of nitrogens with one attached hydrogen (secondary N) is 1. The normalized spacial score (nSPS) is 17.9. The van der Waals surface area contributed by atoms with Gasteiger partial charge in [0.2, 0.25) is 0 Å². The maximum absolute atomic E-state index is 14.1. The highest BCUT2D eigenvalue weighted by Crippen LogP contribution is 2.30. The largest absolute Gasteiger partial charge is 0.465 e. The molecule has 0 aliphatic carbocycles. The summed E-state index contributed by atoms with van der Waals surface area (Å²) in [5.74, 6) is -1.51. The van der Waals surface area contributed by atoms with Gasteiger partial charge in [-0.15, -0.1) is 0 Å². The predicted octanol–water partition coefficient (Wildman–Crippen LogP) is 3.16. The molecular formula is C21H18ClFN4O4. The van der Waals surface area contributed by atoms with E-state index < -0.39 is 29.9 Å². The molecule has 2 aliphatic rings. The number of hydrogen-bond acceptors (Lipinski definition) is 5. The summed E-state index contributed by atoms with van der Waals surface area (Å²) in [5, 5.41) is 1.32. The number of urea groups is 1. The maximum Gasteiger partial charge on any atom is 0.340 e. The van der Waals surface area contributed by atoms with Crippen LogP contribution < -0.4 is 10.3 Å². The van der Waals surface area contributed by atoms with Gasteiger partial charge in [0.15, 0.2) is 6.17 Å². The standard InChI is InChI=1S/C21H18ClFN4O4/c1-12-13(20(29)31-2)5-3-8-17(12)25-9-10-26-18(19(25)28)24-27(21(26)30)11-14-15(22)6-4-7-16(14)23/h3-10,18,24H,11H2,1-2H3. The summed E-state index contributed by atoms with van der Waals surface area (Å²) >= 11 is 6.06. The second-order valence-electron chi connectivity index (χ2n) is 6.96. The van der Waals surface area contributed by atoms with E-state index in [1.54, 1.807) is 25.1 Å². The number of nitrogens with zero attached hydrogens (tertiary/aromatic N) is 3. The highest BCUT2D eigenvalue weighted by Gasteiger charge is 2.44. The van der Waals surface area contributed by atoms with Crippen LogP contribution in [0.15, 0.2) is 48.8 Å². The Morgan fingerprint density at radius 1 is 1.19 bits per heavy atom. The lowest BCUT2D eigenvalue weighted by atomic mass is 10.1. The quantitative estimate of drug-likeness (QED) is 0.732. The topological polar surface area (TPSA) is 82.2 Å². The van der Waals surface area contributed by atoms with E-state index >= 15 is 0 Å². The molecule has 0 aromatic heterocycles. The van der Waals surface area contributed by atoms with Crippen LogP contribution in [0, 0.1) is 12.7 Å². The van der Waals surface area contributed by atoms with Crippen molar-refractivity contribution >= 4 is 35.2 Å². The monoisotopic (exact) mass is 444 g/mol. The third-order valence-electron chi connectivity index (χ3n) is 5.20. The summed E-state index contributed by atoms with van der Waals surface area (Å²) < 4.78 is 18.9. The second-order valence-corrected chi connectivity index (χ2v) is 7.36. The molecule has 0 spiro atoms. The number of esters is 1. The Morgan fingerprint density at radius 3 is 2.65 bits per heavy atom. The van der Waals surface area contributed by atoms with Crippen molar-refractivity contribution < 1.29 is 23.5 Å². The van der Waals surface area contributed by atoms with Gasteiger partial charge in [-0.3, -0.25) is 19.6 Å². The second kappa shape index (κ2) is 8.01. The van der Waals surface area contributed by atoms with Crippen molar-refractivity contribution in [2.45, 2.75) is 19.6 Å². The molecule has 0 bridgehead atoms. The Labute approximate surface area is 182 Å². The highest BCUT2D eigenvalue weighted by atomic mass is 35.5. The number of hydrazine groups is 1. The summed E-state index contributed by atoms with van der Waals surface area (Å²) in [6.07, 6.45) is 1.87. The average Bonchev–Trinajstić information content (AvgIpc) is 3.07. The van der Waals surface area contributed by atoms with Crippen molar-refractivity contribution in [2.75, 3.05) is 12.0 Å². The van der Waals surface area contributed by atoms with Crippen molar-refractivity contribution in [3.8, 4) is 0 Å². The molecule has 1 unspecified atom stereocenters. The Bertz CT molecular complexity index is 1100. The number of methoxy groups -OCH3 is 1. The van der Waals surface area contributed by atoms with Crippen molar-refractivity contribution in [1.82, 2.24) is 15.3 Å². The van der Waals surface area contributed by atoms with Crippen LogP contribution in [0.5, 0.6) is 0 Å². The highest BCUT2D eigenvalue weighted by molar-refractivity contribution is 6.31. The molecule has 2 aromatic rings. The van der Waals surface area contributed by atoms with E-state index in [0.29, 0.717) is 16.8 Å². The molecule has 0 saturated carbocycles. The number of amides is 3. The van der Waals surface area contributed by atoms with E-state index in [1.165, 1.54) is 47.5 Å². The van der Waals surface area contributed by atoms with E-state index in [2.05, 4.69) is 5.43 Å². The number of hydrogen-bond donors (Lipinski definition) is 1. The van der Waals surface area contributed by atoms with Crippen LogP contribution in [0.2, 0.25) is 5.02 Å². The molecule has 2 aromatic carbocycles. The molecule has 4 rings (SSSR count). The van der Waals surface area contributed by atoms with Gasteiger partial charge in [0.1, 0.15) is 5.82 Å². The van der Waals surface area contributed by atoms with E-state index in [1.807, 2.05) is 0 Å². The van der Waals surface area contributed by atoms with Crippen LogP contribution in [0.3, 0.4) is 0 Å². The van der Waals surface area contributed by atoms with Crippen molar-refractivity contribution in [1.29, 1.82) is 0 Å². The third-order valence-corrected chi connectivity index (χ3v) is 5.56. The van der Waals surface area contributed by atoms with Crippen molar-refractivity contribution in [3.05, 3.63) is 76.3 Å². The van der Waals surface area contributed by atoms with Crippen LogP contribution in [-0.2, 0) is 16.1 Å². The first-order chi connectivity index (χ1) is 14.8. The Morgan fingerprint density at radius 2 is 1.94 bits per heavy atom. The van der Waals surface area contributed by atoms with Crippen LogP contribution in [0.4, 0.5) is 14.9 Å². The lowest BCUT2D eigenvalue weighted by Gasteiger charge is -2.30. The fourth-order valence-electron chi connectivity index (χ4n) is 3.55. The number of carbonyl (C=O) groups excluding carboxylic acids is 3. The Balaban J connectivity index is 1.60. The zero-order chi connectivity index (χ0) is 22.3. The smallest absolute Gasteiger partial charge is 0.340 e.